The number of likely N-dealkylation sites (tertiary alicyclic amines) is 1. The number of hydrogen-bond donors (Lipinski definition) is 2. The van der Waals surface area contributed by atoms with Crippen molar-refractivity contribution in [2.24, 2.45) is 0 Å². The maximum atomic E-state index is 12.0. The van der Waals surface area contributed by atoms with Crippen LogP contribution in [0.4, 0.5) is 10.5 Å². The van der Waals surface area contributed by atoms with E-state index in [4.69, 9.17) is 10.4 Å². The lowest BCUT2D eigenvalue weighted by molar-refractivity contribution is -0.141. The molecule has 1 heterocycles. The minimum atomic E-state index is -0.988. The van der Waals surface area contributed by atoms with Gasteiger partial charge in [-0.25, -0.2) is 9.59 Å². The third-order valence-corrected chi connectivity index (χ3v) is 3.04. The summed E-state index contributed by atoms with van der Waals surface area (Å²) in [7, 11) is 0. The normalized spacial score (nSPS) is 17.8. The molecule has 0 saturated carbocycles. The molecule has 6 heteroatoms. The van der Waals surface area contributed by atoms with E-state index in [1.165, 1.54) is 4.90 Å². The molecule has 6 nitrogen and oxygen atoms in total. The Morgan fingerprint density at radius 3 is 2.95 bits per heavy atom. The summed E-state index contributed by atoms with van der Waals surface area (Å²) in [5.74, 6) is -0.988. The van der Waals surface area contributed by atoms with Crippen molar-refractivity contribution in [3.63, 3.8) is 0 Å². The van der Waals surface area contributed by atoms with E-state index in [-0.39, 0.29) is 0 Å². The zero-order chi connectivity index (χ0) is 13.8. The minimum absolute atomic E-state index is 0.431. The largest absolute Gasteiger partial charge is 0.480 e. The van der Waals surface area contributed by atoms with Crippen molar-refractivity contribution in [2.45, 2.75) is 18.9 Å². The quantitative estimate of drug-likeness (QED) is 0.844. The summed E-state index contributed by atoms with van der Waals surface area (Å²) in [4.78, 5) is 24.3. The fraction of sp³-hybridized carbons (Fsp3) is 0.308. The van der Waals surface area contributed by atoms with E-state index in [0.717, 1.165) is 0 Å². The number of nitriles is 1. The molecular formula is C13H13N3O3. The van der Waals surface area contributed by atoms with Crippen LogP contribution in [0, 0.1) is 11.3 Å². The number of carboxylic acids is 1. The summed E-state index contributed by atoms with van der Waals surface area (Å²) in [5, 5.41) is 20.4. The molecule has 19 heavy (non-hydrogen) atoms. The minimum Gasteiger partial charge on any atom is -0.480 e. The maximum Gasteiger partial charge on any atom is 0.326 e. The van der Waals surface area contributed by atoms with Crippen LogP contribution < -0.4 is 5.32 Å². The van der Waals surface area contributed by atoms with E-state index in [9.17, 15) is 9.59 Å². The Labute approximate surface area is 110 Å². The first-order valence-electron chi connectivity index (χ1n) is 5.92. The molecule has 1 atom stereocenters. The number of rotatable bonds is 2. The van der Waals surface area contributed by atoms with Crippen LogP contribution in [0.25, 0.3) is 0 Å². The fourth-order valence-corrected chi connectivity index (χ4v) is 2.13. The molecule has 2 N–H and O–H groups in total. The van der Waals surface area contributed by atoms with Crippen LogP contribution in [0.3, 0.4) is 0 Å². The molecule has 0 radical (unpaired) electrons. The number of carbonyl (C=O) groups excluding carboxylic acids is 1. The van der Waals surface area contributed by atoms with E-state index in [1.54, 1.807) is 24.3 Å². The van der Waals surface area contributed by atoms with Gasteiger partial charge in [0.1, 0.15) is 6.04 Å². The monoisotopic (exact) mass is 259 g/mol. The van der Waals surface area contributed by atoms with E-state index >= 15 is 0 Å². The molecule has 0 aromatic heterocycles. The third-order valence-electron chi connectivity index (χ3n) is 3.04. The number of nitrogens with one attached hydrogen (secondary N) is 1. The van der Waals surface area contributed by atoms with E-state index in [1.807, 2.05) is 6.07 Å². The highest BCUT2D eigenvalue weighted by Gasteiger charge is 2.33. The Morgan fingerprint density at radius 1 is 1.47 bits per heavy atom. The molecule has 1 aliphatic heterocycles. The molecular weight excluding hydrogens is 246 g/mol. The zero-order valence-corrected chi connectivity index (χ0v) is 10.2. The van der Waals surface area contributed by atoms with Gasteiger partial charge in [-0.1, -0.05) is 6.07 Å². The number of nitrogens with zero attached hydrogens (tertiary/aromatic N) is 2. The Kier molecular flexibility index (Phi) is 3.66. The van der Waals surface area contributed by atoms with Crippen molar-refractivity contribution in [3.8, 4) is 6.07 Å². The van der Waals surface area contributed by atoms with Gasteiger partial charge in [0.25, 0.3) is 0 Å². The molecule has 1 fully saturated rings. The average Bonchev–Trinajstić information content (AvgIpc) is 2.88. The fourth-order valence-electron chi connectivity index (χ4n) is 2.13. The predicted octanol–water partition coefficient (Wildman–Crippen LogP) is 1.64. The molecule has 1 aromatic carbocycles. The predicted molar refractivity (Wildman–Crippen MR) is 67.5 cm³/mol. The molecule has 0 unspecified atom stereocenters. The lowest BCUT2D eigenvalue weighted by Crippen LogP contribution is -2.42. The maximum absolute atomic E-state index is 12.0. The second-order valence-corrected chi connectivity index (χ2v) is 4.31. The first-order chi connectivity index (χ1) is 9.11. The molecule has 1 aliphatic rings. The zero-order valence-electron chi connectivity index (χ0n) is 10.2. The van der Waals surface area contributed by atoms with Crippen molar-refractivity contribution in [2.75, 3.05) is 11.9 Å². The third kappa shape index (κ3) is 2.83. The van der Waals surface area contributed by atoms with Gasteiger partial charge in [-0.2, -0.15) is 5.26 Å². The molecule has 0 spiro atoms. The summed E-state index contributed by atoms with van der Waals surface area (Å²) in [5.41, 5.74) is 0.925. The summed E-state index contributed by atoms with van der Waals surface area (Å²) >= 11 is 0. The van der Waals surface area contributed by atoms with Gasteiger partial charge in [-0.3, -0.25) is 0 Å². The SMILES string of the molecule is N#Cc1cccc(NC(=O)N2CCC[C@@H]2C(=O)O)c1. The standard InChI is InChI=1S/C13H13N3O3/c14-8-9-3-1-4-10(7-9)15-13(19)16-6-2-5-11(16)12(17)18/h1,3-4,7,11H,2,5-6H2,(H,15,19)(H,17,18)/t11-/m1/s1. The number of anilines is 1. The molecule has 2 rings (SSSR count). The Morgan fingerprint density at radius 2 is 2.26 bits per heavy atom. The second-order valence-electron chi connectivity index (χ2n) is 4.31. The first kappa shape index (κ1) is 12.9. The van der Waals surface area contributed by atoms with Crippen LogP contribution in [0.5, 0.6) is 0 Å². The Bertz CT molecular complexity index is 550. The Balaban J connectivity index is 2.08. The van der Waals surface area contributed by atoms with E-state index < -0.39 is 18.0 Å². The summed E-state index contributed by atoms with van der Waals surface area (Å²) < 4.78 is 0. The van der Waals surface area contributed by atoms with E-state index in [2.05, 4.69) is 5.32 Å². The van der Waals surface area contributed by atoms with Crippen LogP contribution in [0.2, 0.25) is 0 Å². The highest BCUT2D eigenvalue weighted by Crippen LogP contribution is 2.19. The number of carbonyl (C=O) groups is 2. The molecule has 0 bridgehead atoms. The van der Waals surface area contributed by atoms with Gasteiger partial charge in [-0.05, 0) is 31.0 Å². The van der Waals surface area contributed by atoms with Crippen LogP contribution in [0.15, 0.2) is 24.3 Å². The van der Waals surface area contributed by atoms with Crippen LogP contribution in [0.1, 0.15) is 18.4 Å². The number of amides is 2. The first-order valence-corrected chi connectivity index (χ1v) is 5.92. The van der Waals surface area contributed by atoms with Gasteiger partial charge >= 0.3 is 12.0 Å². The number of hydrogen-bond acceptors (Lipinski definition) is 3. The van der Waals surface area contributed by atoms with Gasteiger partial charge in [0, 0.05) is 12.2 Å². The van der Waals surface area contributed by atoms with Crippen LogP contribution in [-0.2, 0) is 4.79 Å². The van der Waals surface area contributed by atoms with Crippen molar-refractivity contribution in [3.05, 3.63) is 29.8 Å². The van der Waals surface area contributed by atoms with Crippen molar-refractivity contribution in [1.29, 1.82) is 5.26 Å². The number of benzene rings is 1. The molecule has 98 valence electrons. The summed E-state index contributed by atoms with van der Waals surface area (Å²) in [6.45, 7) is 0.431. The summed E-state index contributed by atoms with van der Waals surface area (Å²) in [6.07, 6.45) is 1.16. The topological polar surface area (TPSA) is 93.4 Å². The van der Waals surface area contributed by atoms with Gasteiger partial charge in [-0.15, -0.1) is 0 Å². The smallest absolute Gasteiger partial charge is 0.326 e. The highest BCUT2D eigenvalue weighted by atomic mass is 16.4. The molecule has 0 aliphatic carbocycles. The average molecular weight is 259 g/mol. The number of urea groups is 1. The molecule has 2 amide bonds. The lowest BCUT2D eigenvalue weighted by atomic mass is 10.2. The van der Waals surface area contributed by atoms with Crippen LogP contribution in [-0.4, -0.2) is 34.6 Å². The van der Waals surface area contributed by atoms with Crippen molar-refractivity contribution >= 4 is 17.7 Å². The van der Waals surface area contributed by atoms with Gasteiger partial charge in [0.15, 0.2) is 0 Å². The number of carboxylic acid groups (broad SMARTS) is 1. The lowest BCUT2D eigenvalue weighted by Gasteiger charge is -2.21. The van der Waals surface area contributed by atoms with E-state index in [0.29, 0.717) is 30.6 Å². The molecule has 1 aromatic rings. The van der Waals surface area contributed by atoms with Crippen LogP contribution >= 0.6 is 0 Å². The molecule has 1 saturated heterocycles. The van der Waals surface area contributed by atoms with Crippen molar-refractivity contribution in [1.82, 2.24) is 4.90 Å². The highest BCUT2D eigenvalue weighted by molar-refractivity contribution is 5.92. The summed E-state index contributed by atoms with van der Waals surface area (Å²) in [6, 6.07) is 7.26. The number of aliphatic carboxylic acids is 1. The second kappa shape index (κ2) is 5.40. The Hall–Kier alpha value is -2.55. The van der Waals surface area contributed by atoms with Crippen molar-refractivity contribution < 1.29 is 14.7 Å². The van der Waals surface area contributed by atoms with Gasteiger partial charge in [0.2, 0.25) is 0 Å². The van der Waals surface area contributed by atoms with Gasteiger partial charge < -0.3 is 15.3 Å². The van der Waals surface area contributed by atoms with Gasteiger partial charge in [0.05, 0.1) is 11.6 Å².